The summed E-state index contributed by atoms with van der Waals surface area (Å²) in [5.74, 6) is -0.125. The van der Waals surface area contributed by atoms with Crippen molar-refractivity contribution in [3.05, 3.63) is 0 Å². The molecule has 2 fully saturated rings. The molecule has 2 N–H and O–H groups in total. The Balaban J connectivity index is 1.80. The third-order valence-corrected chi connectivity index (χ3v) is 4.00. The Kier molecular flexibility index (Phi) is 4.11. The topological polar surface area (TPSA) is 86.7 Å². The second kappa shape index (κ2) is 5.60. The number of thioether (sulfide) groups is 1. The molecule has 1 atom stereocenters. The van der Waals surface area contributed by atoms with E-state index in [1.54, 1.807) is 0 Å². The van der Waals surface area contributed by atoms with Crippen LogP contribution in [0.5, 0.6) is 0 Å². The molecular weight excluding hydrogens is 256 g/mol. The van der Waals surface area contributed by atoms with Gasteiger partial charge in [-0.05, 0) is 12.3 Å². The molecule has 2 amide bonds. The predicted octanol–water partition coefficient (Wildman–Crippen LogP) is -0.111. The van der Waals surface area contributed by atoms with Crippen LogP contribution >= 0.6 is 11.8 Å². The van der Waals surface area contributed by atoms with Crippen molar-refractivity contribution >= 4 is 29.5 Å². The Morgan fingerprint density at radius 1 is 1.50 bits per heavy atom. The summed E-state index contributed by atoms with van der Waals surface area (Å²) in [6.45, 7) is -0.0414. The summed E-state index contributed by atoms with van der Waals surface area (Å²) in [6, 6.07) is -0.824. The van der Waals surface area contributed by atoms with Crippen LogP contribution in [0.3, 0.4) is 0 Å². The Morgan fingerprint density at radius 3 is 2.72 bits per heavy atom. The fourth-order valence-electron chi connectivity index (χ4n) is 1.86. The fourth-order valence-corrected chi connectivity index (χ4v) is 2.77. The lowest BCUT2D eigenvalue weighted by molar-refractivity contribution is -0.142. The monoisotopic (exact) mass is 272 g/mol. The van der Waals surface area contributed by atoms with Gasteiger partial charge in [-0.3, -0.25) is 9.59 Å². The van der Waals surface area contributed by atoms with Crippen LogP contribution in [0.1, 0.15) is 19.3 Å². The maximum Gasteiger partial charge on any atom is 0.326 e. The summed E-state index contributed by atoms with van der Waals surface area (Å²) in [4.78, 5) is 35.5. The van der Waals surface area contributed by atoms with E-state index in [1.807, 2.05) is 0 Å². The normalized spacial score (nSPS) is 20.9. The molecule has 1 aliphatic heterocycles. The molecule has 1 saturated heterocycles. The summed E-state index contributed by atoms with van der Waals surface area (Å²) in [5.41, 5.74) is 0. The van der Waals surface area contributed by atoms with E-state index in [4.69, 9.17) is 5.11 Å². The van der Waals surface area contributed by atoms with Gasteiger partial charge >= 0.3 is 5.97 Å². The molecule has 1 saturated carbocycles. The zero-order valence-electron chi connectivity index (χ0n) is 9.92. The van der Waals surface area contributed by atoms with E-state index in [2.05, 4.69) is 5.32 Å². The quantitative estimate of drug-likeness (QED) is 0.704. The van der Waals surface area contributed by atoms with Crippen LogP contribution in [-0.2, 0) is 14.4 Å². The number of carboxylic acid groups (broad SMARTS) is 1. The molecule has 0 bridgehead atoms. The van der Waals surface area contributed by atoms with Crippen molar-refractivity contribution in [2.75, 3.05) is 18.2 Å². The van der Waals surface area contributed by atoms with E-state index in [-0.39, 0.29) is 18.4 Å². The molecular formula is C11H16N2O4S. The Hall–Kier alpha value is -1.24. The molecule has 0 radical (unpaired) electrons. The number of amides is 2. The molecule has 6 nitrogen and oxygen atoms in total. The van der Waals surface area contributed by atoms with Gasteiger partial charge in [-0.25, -0.2) is 4.79 Å². The maximum atomic E-state index is 11.7. The second-order valence-electron chi connectivity index (χ2n) is 4.71. The number of carboxylic acids is 1. The number of carbonyl (C=O) groups is 3. The largest absolute Gasteiger partial charge is 0.480 e. The van der Waals surface area contributed by atoms with Gasteiger partial charge in [-0.15, -0.1) is 11.8 Å². The third kappa shape index (κ3) is 3.63. The highest BCUT2D eigenvalue weighted by molar-refractivity contribution is 8.00. The van der Waals surface area contributed by atoms with Gasteiger partial charge in [0.15, 0.2) is 0 Å². The molecule has 1 unspecified atom stereocenters. The molecule has 0 aromatic heterocycles. The lowest BCUT2D eigenvalue weighted by Crippen LogP contribution is -2.46. The van der Waals surface area contributed by atoms with Crippen molar-refractivity contribution in [2.24, 2.45) is 5.92 Å². The van der Waals surface area contributed by atoms with Gasteiger partial charge in [0.2, 0.25) is 11.8 Å². The van der Waals surface area contributed by atoms with Crippen molar-refractivity contribution in [3.63, 3.8) is 0 Å². The van der Waals surface area contributed by atoms with Crippen LogP contribution in [0.25, 0.3) is 0 Å². The van der Waals surface area contributed by atoms with Gasteiger partial charge in [0.1, 0.15) is 12.6 Å². The molecule has 2 rings (SSSR count). The number of hydrogen-bond acceptors (Lipinski definition) is 4. The number of carbonyl (C=O) groups excluding carboxylic acids is 2. The van der Waals surface area contributed by atoms with Crippen molar-refractivity contribution in [1.82, 2.24) is 10.2 Å². The molecule has 0 spiro atoms. The summed E-state index contributed by atoms with van der Waals surface area (Å²) in [7, 11) is 0. The predicted molar refractivity (Wildman–Crippen MR) is 65.9 cm³/mol. The van der Waals surface area contributed by atoms with Crippen molar-refractivity contribution in [3.8, 4) is 0 Å². The van der Waals surface area contributed by atoms with Crippen molar-refractivity contribution < 1.29 is 19.5 Å². The molecule has 18 heavy (non-hydrogen) atoms. The average Bonchev–Trinajstić information content (AvgIpc) is 3.03. The SMILES string of the molecule is O=C(CN1CSCC1=O)NC(CC1CC1)C(=O)O. The molecule has 1 heterocycles. The first-order valence-corrected chi connectivity index (χ1v) is 7.09. The highest BCUT2D eigenvalue weighted by Gasteiger charge is 2.31. The Bertz CT molecular complexity index is 370. The summed E-state index contributed by atoms with van der Waals surface area (Å²) < 4.78 is 0. The first-order valence-electron chi connectivity index (χ1n) is 5.94. The van der Waals surface area contributed by atoms with E-state index in [0.717, 1.165) is 12.8 Å². The second-order valence-corrected chi connectivity index (χ2v) is 5.66. The van der Waals surface area contributed by atoms with Crippen LogP contribution in [0, 0.1) is 5.92 Å². The van der Waals surface area contributed by atoms with E-state index < -0.39 is 12.0 Å². The lowest BCUT2D eigenvalue weighted by atomic mass is 10.1. The first-order chi connectivity index (χ1) is 8.56. The van der Waals surface area contributed by atoms with Gasteiger partial charge in [0, 0.05) is 0 Å². The zero-order chi connectivity index (χ0) is 13.1. The number of rotatable bonds is 6. The minimum atomic E-state index is -1.00. The molecule has 0 aromatic carbocycles. The summed E-state index contributed by atoms with van der Waals surface area (Å²) in [5, 5.41) is 11.5. The number of nitrogens with one attached hydrogen (secondary N) is 1. The average molecular weight is 272 g/mol. The van der Waals surface area contributed by atoms with Crippen LogP contribution in [0.2, 0.25) is 0 Å². The van der Waals surface area contributed by atoms with E-state index in [1.165, 1.54) is 16.7 Å². The summed E-state index contributed by atoms with van der Waals surface area (Å²) >= 11 is 1.46. The third-order valence-electron chi connectivity index (χ3n) is 3.06. The molecule has 0 aromatic rings. The van der Waals surface area contributed by atoms with Gasteiger partial charge in [0.25, 0.3) is 0 Å². The van der Waals surface area contributed by atoms with Crippen LogP contribution in [0.15, 0.2) is 0 Å². The Morgan fingerprint density at radius 2 is 2.22 bits per heavy atom. The van der Waals surface area contributed by atoms with Gasteiger partial charge in [0.05, 0.1) is 11.6 Å². The van der Waals surface area contributed by atoms with Crippen LogP contribution in [-0.4, -0.2) is 52.0 Å². The highest BCUT2D eigenvalue weighted by atomic mass is 32.2. The zero-order valence-corrected chi connectivity index (χ0v) is 10.7. The van der Waals surface area contributed by atoms with Gasteiger partial charge in [-0.1, -0.05) is 12.8 Å². The van der Waals surface area contributed by atoms with Crippen molar-refractivity contribution in [1.29, 1.82) is 0 Å². The van der Waals surface area contributed by atoms with Crippen molar-refractivity contribution in [2.45, 2.75) is 25.3 Å². The number of hydrogen-bond donors (Lipinski definition) is 2. The minimum Gasteiger partial charge on any atom is -0.480 e. The maximum absolute atomic E-state index is 11.7. The standard InChI is InChI=1S/C11H16N2O4S/c14-9(4-13-6-18-5-10(13)15)12-8(11(16)17)3-7-1-2-7/h7-8H,1-6H2,(H,12,14)(H,16,17). The minimum absolute atomic E-state index is 0.0414. The lowest BCUT2D eigenvalue weighted by Gasteiger charge is -2.18. The number of nitrogens with zero attached hydrogens (tertiary/aromatic N) is 1. The molecule has 100 valence electrons. The molecule has 7 heteroatoms. The van der Waals surface area contributed by atoms with E-state index in [0.29, 0.717) is 24.0 Å². The smallest absolute Gasteiger partial charge is 0.326 e. The van der Waals surface area contributed by atoms with E-state index >= 15 is 0 Å². The van der Waals surface area contributed by atoms with E-state index in [9.17, 15) is 14.4 Å². The fraction of sp³-hybridized carbons (Fsp3) is 0.727. The molecule has 2 aliphatic rings. The molecule has 1 aliphatic carbocycles. The highest BCUT2D eigenvalue weighted by Crippen LogP contribution is 2.33. The Labute approximate surface area is 109 Å². The number of aliphatic carboxylic acids is 1. The first kappa shape index (κ1) is 13.2. The van der Waals surface area contributed by atoms with Gasteiger partial charge in [-0.2, -0.15) is 0 Å². The van der Waals surface area contributed by atoms with Gasteiger partial charge < -0.3 is 15.3 Å². The summed E-state index contributed by atoms with van der Waals surface area (Å²) in [6.07, 6.45) is 2.57. The van der Waals surface area contributed by atoms with Crippen LogP contribution in [0.4, 0.5) is 0 Å². The van der Waals surface area contributed by atoms with Crippen LogP contribution < -0.4 is 5.32 Å².